The van der Waals surface area contributed by atoms with Gasteiger partial charge in [-0.1, -0.05) is 30.3 Å². The minimum absolute atomic E-state index is 0.118. The van der Waals surface area contributed by atoms with Crippen molar-refractivity contribution in [2.45, 2.75) is 12.1 Å². The molecule has 0 radical (unpaired) electrons. The van der Waals surface area contributed by atoms with Gasteiger partial charge < -0.3 is 9.47 Å². The van der Waals surface area contributed by atoms with Crippen molar-refractivity contribution in [1.29, 1.82) is 0 Å². The molecular weight excluding hydrogens is 230 g/mol. The first kappa shape index (κ1) is 11.7. The average molecular weight is 247 g/mol. The van der Waals surface area contributed by atoms with Crippen LogP contribution in [0.15, 0.2) is 30.3 Å². The Morgan fingerprint density at radius 3 is 2.89 bits per heavy atom. The number of hydrogen-bond acceptors (Lipinski definition) is 4. The zero-order valence-corrected chi connectivity index (χ0v) is 10.5. The summed E-state index contributed by atoms with van der Waals surface area (Å²) in [6, 6.07) is 10.3. The molecular formula is C14H17NO3. The van der Waals surface area contributed by atoms with Crippen molar-refractivity contribution in [2.24, 2.45) is 5.92 Å². The Hall–Kier alpha value is -1.39. The maximum Gasteiger partial charge on any atom is 0.313 e. The van der Waals surface area contributed by atoms with Gasteiger partial charge in [-0.25, -0.2) is 0 Å². The predicted octanol–water partition coefficient (Wildman–Crippen LogP) is 1.06. The van der Waals surface area contributed by atoms with Crippen molar-refractivity contribution >= 4 is 5.97 Å². The number of nitrogens with zero attached hydrogens (tertiary/aromatic N) is 1. The van der Waals surface area contributed by atoms with Gasteiger partial charge in [0.1, 0.15) is 18.1 Å². The van der Waals surface area contributed by atoms with Crippen molar-refractivity contribution in [3.05, 3.63) is 35.9 Å². The van der Waals surface area contributed by atoms with E-state index in [4.69, 9.17) is 9.47 Å². The van der Waals surface area contributed by atoms with Gasteiger partial charge in [0.05, 0.1) is 0 Å². The number of benzene rings is 1. The van der Waals surface area contributed by atoms with Gasteiger partial charge in [-0.05, 0) is 5.56 Å². The Morgan fingerprint density at radius 1 is 1.44 bits per heavy atom. The number of hydrogen-bond donors (Lipinski definition) is 0. The molecule has 3 rings (SSSR count). The van der Waals surface area contributed by atoms with Gasteiger partial charge in [-0.3, -0.25) is 9.69 Å². The summed E-state index contributed by atoms with van der Waals surface area (Å²) < 4.78 is 10.7. The maximum absolute atomic E-state index is 11.7. The summed E-state index contributed by atoms with van der Waals surface area (Å²) in [6.07, 6.45) is 0. The van der Waals surface area contributed by atoms with Gasteiger partial charge >= 0.3 is 5.97 Å². The highest BCUT2D eigenvalue weighted by molar-refractivity contribution is 5.77. The van der Waals surface area contributed by atoms with Crippen molar-refractivity contribution in [3.63, 3.8) is 0 Å². The summed E-state index contributed by atoms with van der Waals surface area (Å²) in [4.78, 5) is 14.0. The van der Waals surface area contributed by atoms with Gasteiger partial charge in [0.25, 0.3) is 0 Å². The summed E-state index contributed by atoms with van der Waals surface area (Å²) in [6.45, 7) is 2.73. The first-order valence-corrected chi connectivity index (χ1v) is 6.21. The number of fused-ring (bicyclic) bond motifs is 1. The van der Waals surface area contributed by atoms with Gasteiger partial charge in [0, 0.05) is 26.7 Å². The number of rotatable bonds is 3. The minimum atomic E-state index is -0.425. The number of ether oxygens (including phenoxy) is 2. The summed E-state index contributed by atoms with van der Waals surface area (Å²) in [5.41, 5.74) is 0.836. The zero-order valence-electron chi connectivity index (χ0n) is 10.5. The fourth-order valence-corrected chi connectivity index (χ4v) is 2.94. The molecule has 96 valence electrons. The standard InChI is InChI=1S/C14H17NO3/c1-17-14-9-15(7-11-5-3-2-4-6-11)8-12(14)13(16)18-10-14/h2-6,12H,7-10H2,1H3/t12-,14+/m0/s1. The van der Waals surface area contributed by atoms with Crippen LogP contribution in [-0.4, -0.2) is 43.3 Å². The second-order valence-corrected chi connectivity index (χ2v) is 5.08. The van der Waals surface area contributed by atoms with Crippen LogP contribution in [0.3, 0.4) is 0 Å². The SMILES string of the molecule is CO[C@]12COC(=O)[C@@H]1CN(Cc1ccccc1)C2. The van der Waals surface area contributed by atoms with Crippen LogP contribution in [-0.2, 0) is 20.8 Å². The van der Waals surface area contributed by atoms with Crippen molar-refractivity contribution in [3.8, 4) is 0 Å². The number of methoxy groups -OCH3 is 1. The fraction of sp³-hybridized carbons (Fsp3) is 0.500. The first-order chi connectivity index (χ1) is 8.73. The zero-order chi connectivity index (χ0) is 12.6. The van der Waals surface area contributed by atoms with Gasteiger partial charge in [-0.2, -0.15) is 0 Å². The van der Waals surface area contributed by atoms with E-state index in [1.165, 1.54) is 5.56 Å². The molecule has 1 aromatic carbocycles. The largest absolute Gasteiger partial charge is 0.462 e. The quantitative estimate of drug-likeness (QED) is 0.749. The highest BCUT2D eigenvalue weighted by Crippen LogP contribution is 2.37. The molecule has 2 aliphatic rings. The normalized spacial score (nSPS) is 31.4. The summed E-state index contributed by atoms with van der Waals surface area (Å²) in [7, 11) is 1.67. The number of carbonyl (C=O) groups excluding carboxylic acids is 1. The molecule has 18 heavy (non-hydrogen) atoms. The molecule has 0 spiro atoms. The molecule has 2 aliphatic heterocycles. The molecule has 2 saturated heterocycles. The van der Waals surface area contributed by atoms with Crippen LogP contribution in [0.5, 0.6) is 0 Å². The Kier molecular flexibility index (Phi) is 2.84. The van der Waals surface area contributed by atoms with E-state index in [-0.39, 0.29) is 11.9 Å². The van der Waals surface area contributed by atoms with E-state index in [1.54, 1.807) is 7.11 Å². The lowest BCUT2D eigenvalue weighted by Crippen LogP contribution is -2.40. The third-order valence-corrected chi connectivity index (χ3v) is 3.97. The molecule has 0 amide bonds. The topological polar surface area (TPSA) is 38.8 Å². The lowest BCUT2D eigenvalue weighted by atomic mass is 9.94. The molecule has 0 aromatic heterocycles. The Bertz CT molecular complexity index is 448. The Labute approximate surface area is 106 Å². The minimum Gasteiger partial charge on any atom is -0.462 e. The summed E-state index contributed by atoms with van der Waals surface area (Å²) >= 11 is 0. The highest BCUT2D eigenvalue weighted by atomic mass is 16.6. The molecule has 4 heteroatoms. The van der Waals surface area contributed by atoms with E-state index in [9.17, 15) is 4.79 Å². The lowest BCUT2D eigenvalue weighted by Gasteiger charge is -2.24. The van der Waals surface area contributed by atoms with Crippen molar-refractivity contribution in [2.75, 3.05) is 26.8 Å². The van der Waals surface area contributed by atoms with Crippen LogP contribution in [0, 0.1) is 5.92 Å². The van der Waals surface area contributed by atoms with Crippen LogP contribution in [0.25, 0.3) is 0 Å². The smallest absolute Gasteiger partial charge is 0.313 e. The maximum atomic E-state index is 11.7. The van der Waals surface area contributed by atoms with E-state index >= 15 is 0 Å². The van der Waals surface area contributed by atoms with E-state index in [1.807, 2.05) is 18.2 Å². The van der Waals surface area contributed by atoms with Crippen LogP contribution >= 0.6 is 0 Å². The van der Waals surface area contributed by atoms with E-state index < -0.39 is 5.60 Å². The molecule has 0 unspecified atom stereocenters. The van der Waals surface area contributed by atoms with E-state index in [2.05, 4.69) is 17.0 Å². The molecule has 0 aliphatic carbocycles. The second-order valence-electron chi connectivity index (χ2n) is 5.08. The Balaban J connectivity index is 1.73. The fourth-order valence-electron chi connectivity index (χ4n) is 2.94. The number of cyclic esters (lactones) is 1. The van der Waals surface area contributed by atoms with Gasteiger partial charge in [0.2, 0.25) is 0 Å². The molecule has 0 N–H and O–H groups in total. The van der Waals surface area contributed by atoms with E-state index in [0.717, 1.165) is 19.6 Å². The summed E-state index contributed by atoms with van der Waals surface area (Å²) in [5, 5.41) is 0. The van der Waals surface area contributed by atoms with Crippen LogP contribution < -0.4 is 0 Å². The number of esters is 1. The first-order valence-electron chi connectivity index (χ1n) is 6.21. The summed E-state index contributed by atoms with van der Waals surface area (Å²) in [5.74, 6) is -0.251. The lowest BCUT2D eigenvalue weighted by molar-refractivity contribution is -0.141. The molecule has 2 atom stereocenters. The predicted molar refractivity (Wildman–Crippen MR) is 65.9 cm³/mol. The Morgan fingerprint density at radius 2 is 2.22 bits per heavy atom. The third kappa shape index (κ3) is 1.82. The van der Waals surface area contributed by atoms with Crippen LogP contribution in [0.4, 0.5) is 0 Å². The molecule has 1 aromatic rings. The van der Waals surface area contributed by atoms with Gasteiger partial charge in [-0.15, -0.1) is 0 Å². The number of likely N-dealkylation sites (tertiary alicyclic amines) is 1. The monoisotopic (exact) mass is 247 g/mol. The molecule has 4 nitrogen and oxygen atoms in total. The molecule has 0 bridgehead atoms. The molecule has 0 saturated carbocycles. The average Bonchev–Trinajstić information content (AvgIpc) is 2.89. The third-order valence-electron chi connectivity index (χ3n) is 3.97. The van der Waals surface area contributed by atoms with Crippen molar-refractivity contribution in [1.82, 2.24) is 4.90 Å². The molecule has 2 fully saturated rings. The highest BCUT2D eigenvalue weighted by Gasteiger charge is 2.56. The van der Waals surface area contributed by atoms with Crippen LogP contribution in [0.1, 0.15) is 5.56 Å². The van der Waals surface area contributed by atoms with Crippen LogP contribution in [0.2, 0.25) is 0 Å². The van der Waals surface area contributed by atoms with E-state index in [0.29, 0.717) is 6.61 Å². The number of carbonyl (C=O) groups is 1. The second kappa shape index (κ2) is 4.37. The van der Waals surface area contributed by atoms with Gasteiger partial charge in [0.15, 0.2) is 0 Å². The van der Waals surface area contributed by atoms with Crippen molar-refractivity contribution < 1.29 is 14.3 Å². The molecule has 2 heterocycles.